The van der Waals surface area contributed by atoms with Crippen LogP contribution in [-0.4, -0.2) is 23.4 Å². The predicted octanol–water partition coefficient (Wildman–Crippen LogP) is 5.39. The molecule has 0 saturated carbocycles. The van der Waals surface area contributed by atoms with Crippen molar-refractivity contribution in [3.8, 4) is 0 Å². The molecule has 1 rings (SSSR count). The Hall–Kier alpha value is -1.12. The third kappa shape index (κ3) is 14.5. The van der Waals surface area contributed by atoms with Crippen LogP contribution in [0.5, 0.6) is 0 Å². The summed E-state index contributed by atoms with van der Waals surface area (Å²) in [4.78, 5) is 0. The lowest BCUT2D eigenvalue weighted by Crippen LogP contribution is -1.99. The number of aliphatic hydroxyl groups excluding tert-OH is 2. The van der Waals surface area contributed by atoms with Crippen molar-refractivity contribution in [2.75, 3.05) is 13.2 Å². The van der Waals surface area contributed by atoms with Crippen molar-refractivity contribution in [3.63, 3.8) is 0 Å². The molecule has 2 heteroatoms. The molecule has 2 nitrogen and oxygen atoms in total. The average molecular weight is 335 g/mol. The summed E-state index contributed by atoms with van der Waals surface area (Å²) in [5.74, 6) is 1.29. The molecule has 0 spiro atoms. The Morgan fingerprint density at radius 1 is 0.875 bits per heavy atom. The number of rotatable bonds is 10. The first-order valence-electron chi connectivity index (χ1n) is 9.38. The van der Waals surface area contributed by atoms with E-state index in [1.807, 2.05) is 6.07 Å². The fraction of sp³-hybridized carbons (Fsp3) is 0.636. The summed E-state index contributed by atoms with van der Waals surface area (Å²) >= 11 is 0. The lowest BCUT2D eigenvalue weighted by molar-refractivity contribution is 0.258. The van der Waals surface area contributed by atoms with Gasteiger partial charge < -0.3 is 10.2 Å². The molecule has 0 aromatic heterocycles. The zero-order valence-electron chi connectivity index (χ0n) is 16.2. The molecular formula is C22H38O2. The molecule has 138 valence electrons. The largest absolute Gasteiger partial charge is 0.396 e. The third-order valence-electron chi connectivity index (χ3n) is 4.22. The smallest absolute Gasteiger partial charge is 0.0433 e. The summed E-state index contributed by atoms with van der Waals surface area (Å²) in [5, 5.41) is 17.4. The zero-order valence-corrected chi connectivity index (χ0v) is 16.2. The van der Waals surface area contributed by atoms with E-state index in [0.717, 1.165) is 25.7 Å². The lowest BCUT2D eigenvalue weighted by Gasteiger charge is -2.08. The van der Waals surface area contributed by atoms with E-state index in [2.05, 4.69) is 58.0 Å². The normalized spacial score (nSPS) is 12.8. The standard InChI is InChI=1S/C12H18O.C10H20O/c1-11(9-10-13)7-8-12-5-3-2-4-6-12;1-9(2)5-4-6-10(3)7-8-11/h2-6,11,13H,7-10H2,1H3;5,10-11H,4,6-8H2,1-3H3. The quantitative estimate of drug-likeness (QED) is 0.563. The van der Waals surface area contributed by atoms with Crippen molar-refractivity contribution in [3.05, 3.63) is 47.5 Å². The summed E-state index contributed by atoms with van der Waals surface area (Å²) in [5.41, 5.74) is 2.79. The molecule has 2 unspecified atom stereocenters. The highest BCUT2D eigenvalue weighted by Gasteiger charge is 2.01. The van der Waals surface area contributed by atoms with Crippen LogP contribution in [-0.2, 0) is 6.42 Å². The van der Waals surface area contributed by atoms with Crippen molar-refractivity contribution in [1.29, 1.82) is 0 Å². The van der Waals surface area contributed by atoms with E-state index < -0.39 is 0 Å². The van der Waals surface area contributed by atoms with Crippen molar-refractivity contribution in [1.82, 2.24) is 0 Å². The van der Waals surface area contributed by atoms with Gasteiger partial charge in [0.25, 0.3) is 0 Å². The minimum atomic E-state index is 0.315. The number of hydrogen-bond donors (Lipinski definition) is 2. The monoisotopic (exact) mass is 334 g/mol. The van der Waals surface area contributed by atoms with Gasteiger partial charge in [-0.1, -0.05) is 55.8 Å². The minimum Gasteiger partial charge on any atom is -0.396 e. The molecule has 0 bridgehead atoms. The maximum Gasteiger partial charge on any atom is 0.0433 e. The average Bonchev–Trinajstić information content (AvgIpc) is 2.55. The molecule has 2 atom stereocenters. The zero-order chi connectivity index (χ0) is 18.2. The van der Waals surface area contributed by atoms with Crippen LogP contribution in [0.2, 0.25) is 0 Å². The van der Waals surface area contributed by atoms with E-state index in [1.165, 1.54) is 24.0 Å². The molecule has 0 saturated heterocycles. The molecule has 24 heavy (non-hydrogen) atoms. The van der Waals surface area contributed by atoms with Crippen LogP contribution in [0, 0.1) is 11.8 Å². The summed E-state index contributed by atoms with van der Waals surface area (Å²) < 4.78 is 0. The molecule has 2 N–H and O–H groups in total. The Balaban J connectivity index is 0.000000449. The van der Waals surface area contributed by atoms with Crippen molar-refractivity contribution < 1.29 is 10.2 Å². The first kappa shape index (κ1) is 22.9. The summed E-state index contributed by atoms with van der Waals surface area (Å²) in [6.45, 7) is 9.27. The second kappa shape index (κ2) is 15.4. The molecule has 0 aliphatic heterocycles. The molecular weight excluding hydrogens is 296 g/mol. The Kier molecular flexibility index (Phi) is 14.7. The fourth-order valence-corrected chi connectivity index (χ4v) is 2.44. The highest BCUT2D eigenvalue weighted by atomic mass is 16.3. The molecule has 1 aromatic rings. The van der Waals surface area contributed by atoms with E-state index in [1.54, 1.807) is 0 Å². The summed E-state index contributed by atoms with van der Waals surface area (Å²) in [6.07, 6.45) is 8.78. The number of hydrogen-bond acceptors (Lipinski definition) is 2. The van der Waals surface area contributed by atoms with Gasteiger partial charge in [-0.15, -0.1) is 0 Å². The van der Waals surface area contributed by atoms with Crippen LogP contribution in [0.25, 0.3) is 0 Å². The van der Waals surface area contributed by atoms with Gasteiger partial charge in [0, 0.05) is 13.2 Å². The van der Waals surface area contributed by atoms with Crippen LogP contribution in [0.4, 0.5) is 0 Å². The van der Waals surface area contributed by atoms with Crippen LogP contribution >= 0.6 is 0 Å². The second-order valence-electron chi connectivity index (χ2n) is 7.12. The summed E-state index contributed by atoms with van der Waals surface area (Å²) in [7, 11) is 0. The number of allylic oxidation sites excluding steroid dienone is 2. The van der Waals surface area contributed by atoms with Gasteiger partial charge in [0.2, 0.25) is 0 Å². The van der Waals surface area contributed by atoms with Crippen molar-refractivity contribution in [2.24, 2.45) is 11.8 Å². The van der Waals surface area contributed by atoms with E-state index >= 15 is 0 Å². The van der Waals surface area contributed by atoms with Gasteiger partial charge in [-0.2, -0.15) is 0 Å². The Bertz CT molecular complexity index is 407. The number of aliphatic hydroxyl groups is 2. The fourth-order valence-electron chi connectivity index (χ4n) is 2.44. The maximum atomic E-state index is 8.73. The summed E-state index contributed by atoms with van der Waals surface area (Å²) in [6, 6.07) is 10.5. The predicted molar refractivity (Wildman–Crippen MR) is 105 cm³/mol. The van der Waals surface area contributed by atoms with Crippen LogP contribution < -0.4 is 0 Å². The van der Waals surface area contributed by atoms with Crippen molar-refractivity contribution >= 4 is 0 Å². The van der Waals surface area contributed by atoms with Crippen LogP contribution in [0.3, 0.4) is 0 Å². The van der Waals surface area contributed by atoms with Gasteiger partial charge in [0.05, 0.1) is 0 Å². The SMILES string of the molecule is CC(C)=CCCC(C)CCO.CC(CCO)CCc1ccccc1. The van der Waals surface area contributed by atoms with Gasteiger partial charge in [0.15, 0.2) is 0 Å². The molecule has 0 heterocycles. The molecule has 0 radical (unpaired) electrons. The second-order valence-corrected chi connectivity index (χ2v) is 7.12. The molecule has 0 aliphatic carbocycles. The molecule has 1 aromatic carbocycles. The van der Waals surface area contributed by atoms with Gasteiger partial charge >= 0.3 is 0 Å². The molecule has 0 fully saturated rings. The number of benzene rings is 1. The lowest BCUT2D eigenvalue weighted by atomic mass is 9.99. The number of aryl methyl sites for hydroxylation is 1. The van der Waals surface area contributed by atoms with E-state index in [-0.39, 0.29) is 0 Å². The van der Waals surface area contributed by atoms with Gasteiger partial charge in [-0.25, -0.2) is 0 Å². The Labute approximate surface area is 149 Å². The Morgan fingerprint density at radius 3 is 1.92 bits per heavy atom. The van der Waals surface area contributed by atoms with E-state index in [9.17, 15) is 0 Å². The Morgan fingerprint density at radius 2 is 1.42 bits per heavy atom. The molecule has 0 amide bonds. The maximum absolute atomic E-state index is 8.73. The van der Waals surface area contributed by atoms with Crippen LogP contribution in [0.15, 0.2) is 42.0 Å². The van der Waals surface area contributed by atoms with Gasteiger partial charge in [-0.3, -0.25) is 0 Å². The van der Waals surface area contributed by atoms with Gasteiger partial charge in [-0.05, 0) is 69.8 Å². The minimum absolute atomic E-state index is 0.315. The highest BCUT2D eigenvalue weighted by Crippen LogP contribution is 2.12. The van der Waals surface area contributed by atoms with Crippen LogP contribution in [0.1, 0.15) is 65.4 Å². The first-order valence-corrected chi connectivity index (χ1v) is 9.38. The third-order valence-corrected chi connectivity index (χ3v) is 4.22. The highest BCUT2D eigenvalue weighted by molar-refractivity contribution is 5.14. The van der Waals surface area contributed by atoms with Crippen molar-refractivity contribution in [2.45, 2.75) is 66.2 Å². The van der Waals surface area contributed by atoms with Gasteiger partial charge in [0.1, 0.15) is 0 Å². The molecule has 0 aliphatic rings. The van der Waals surface area contributed by atoms with E-state index in [0.29, 0.717) is 25.0 Å². The van der Waals surface area contributed by atoms with E-state index in [4.69, 9.17) is 10.2 Å². The first-order chi connectivity index (χ1) is 11.5. The topological polar surface area (TPSA) is 40.5 Å².